The van der Waals surface area contributed by atoms with Crippen LogP contribution in [0.5, 0.6) is 0 Å². The highest BCUT2D eigenvalue weighted by Gasteiger charge is 2.45. The predicted molar refractivity (Wildman–Crippen MR) is 39.7 cm³/mol. The standard InChI is InChI=1S/CH4N2O.H6O7Si2/c2-1(3)4;1-8(2,3)7-9(4,5)6/h(H4,2,3,4);1-6H. The Hall–Kier alpha value is -0.576. The van der Waals surface area contributed by atoms with E-state index in [2.05, 4.69) is 15.6 Å². The second kappa shape index (κ2) is 5.22. The fraction of sp³-hybridized carbons (Fsp3) is 0. The summed E-state index contributed by atoms with van der Waals surface area (Å²) >= 11 is 0. The van der Waals surface area contributed by atoms with E-state index in [0.717, 1.165) is 0 Å². The quantitative estimate of drug-likeness (QED) is 0.217. The molecule has 80 valence electrons. The number of rotatable bonds is 2. The van der Waals surface area contributed by atoms with Gasteiger partial charge < -0.3 is 44.4 Å². The van der Waals surface area contributed by atoms with Crippen LogP contribution in [0.15, 0.2) is 0 Å². The highest BCUT2D eigenvalue weighted by atomic mass is 28.5. The molecule has 0 fully saturated rings. The summed E-state index contributed by atoms with van der Waals surface area (Å²) < 4.78 is 3.24. The zero-order valence-corrected chi connectivity index (χ0v) is 8.15. The van der Waals surface area contributed by atoms with Gasteiger partial charge in [0.1, 0.15) is 0 Å². The van der Waals surface area contributed by atoms with E-state index in [-0.39, 0.29) is 0 Å². The Morgan fingerprint density at radius 3 is 1.08 bits per heavy atom. The van der Waals surface area contributed by atoms with Gasteiger partial charge in [-0.1, -0.05) is 0 Å². The highest BCUT2D eigenvalue weighted by Crippen LogP contribution is 1.95. The van der Waals surface area contributed by atoms with Gasteiger partial charge >= 0.3 is 24.1 Å². The molecule has 0 radical (unpaired) electrons. The molecule has 0 aliphatic carbocycles. The molecule has 0 bridgehead atoms. The minimum atomic E-state index is -4.98. The van der Waals surface area contributed by atoms with Gasteiger partial charge in [0.25, 0.3) is 0 Å². The van der Waals surface area contributed by atoms with Gasteiger partial charge in [0.2, 0.25) is 0 Å². The van der Waals surface area contributed by atoms with Crippen molar-refractivity contribution in [1.29, 1.82) is 0 Å². The van der Waals surface area contributed by atoms with E-state index in [1.54, 1.807) is 0 Å². The van der Waals surface area contributed by atoms with Crippen LogP contribution in [0.3, 0.4) is 0 Å². The lowest BCUT2D eigenvalue weighted by Gasteiger charge is -2.13. The Balaban J connectivity index is 0. The molecule has 0 aliphatic heterocycles. The molecule has 0 spiro atoms. The molecule has 12 heteroatoms. The molecule has 0 heterocycles. The lowest BCUT2D eigenvalue weighted by atomic mass is 11.2. The minimum Gasteiger partial charge on any atom is -0.368 e. The number of hydrogen-bond donors (Lipinski definition) is 8. The van der Waals surface area contributed by atoms with Crippen LogP contribution in [-0.4, -0.2) is 52.9 Å². The molecule has 0 aromatic heterocycles. The summed E-state index contributed by atoms with van der Waals surface area (Å²) in [6.07, 6.45) is 0. The molecule has 10 N–H and O–H groups in total. The van der Waals surface area contributed by atoms with E-state index in [0.29, 0.717) is 0 Å². The summed E-state index contributed by atoms with van der Waals surface area (Å²) in [5, 5.41) is 0. The third-order valence-electron chi connectivity index (χ3n) is 0.274. The lowest BCUT2D eigenvalue weighted by Crippen LogP contribution is -2.53. The number of amides is 2. The highest BCUT2D eigenvalue weighted by molar-refractivity contribution is 6.63. The first-order chi connectivity index (χ1) is 5.44. The largest absolute Gasteiger partial charge is 0.665 e. The van der Waals surface area contributed by atoms with Crippen LogP contribution >= 0.6 is 0 Å². The Morgan fingerprint density at radius 2 is 1.08 bits per heavy atom. The van der Waals surface area contributed by atoms with Crippen LogP contribution in [0.25, 0.3) is 0 Å². The molecule has 0 saturated carbocycles. The Bertz CT molecular complexity index is 143. The summed E-state index contributed by atoms with van der Waals surface area (Å²) in [5.74, 6) is 0. The Kier molecular flexibility index (Phi) is 5.99. The van der Waals surface area contributed by atoms with Crippen molar-refractivity contribution < 1.29 is 37.7 Å². The molecule has 0 unspecified atom stereocenters. The van der Waals surface area contributed by atoms with Crippen molar-refractivity contribution in [1.82, 2.24) is 0 Å². The van der Waals surface area contributed by atoms with Crippen LogP contribution in [-0.2, 0) is 4.12 Å². The van der Waals surface area contributed by atoms with Crippen molar-refractivity contribution in [2.24, 2.45) is 11.5 Å². The van der Waals surface area contributed by atoms with Gasteiger partial charge in [-0.2, -0.15) is 0 Å². The van der Waals surface area contributed by atoms with Gasteiger partial charge in [0, 0.05) is 0 Å². The molecular formula is CH10N2O8Si2. The van der Waals surface area contributed by atoms with Crippen molar-refractivity contribution in [2.75, 3.05) is 0 Å². The summed E-state index contributed by atoms with van der Waals surface area (Å²) in [4.78, 5) is 56.6. The molecule has 10 nitrogen and oxygen atoms in total. The van der Waals surface area contributed by atoms with Crippen molar-refractivity contribution in [2.45, 2.75) is 0 Å². The molecule has 0 aliphatic rings. The van der Waals surface area contributed by atoms with Gasteiger partial charge in [-0.15, -0.1) is 0 Å². The number of urea groups is 1. The van der Waals surface area contributed by atoms with E-state index in [9.17, 15) is 0 Å². The van der Waals surface area contributed by atoms with E-state index in [1.165, 1.54) is 0 Å². The molecule has 13 heavy (non-hydrogen) atoms. The smallest absolute Gasteiger partial charge is 0.368 e. The second-order valence-corrected chi connectivity index (χ2v) is 4.76. The first kappa shape index (κ1) is 14.9. The van der Waals surface area contributed by atoms with Crippen LogP contribution in [0.1, 0.15) is 0 Å². The van der Waals surface area contributed by atoms with Crippen molar-refractivity contribution in [3.8, 4) is 0 Å². The fourth-order valence-electron chi connectivity index (χ4n) is 0.184. The van der Waals surface area contributed by atoms with Crippen LogP contribution in [0.4, 0.5) is 4.79 Å². The number of carbonyl (C=O) groups is 1. The molecule has 0 saturated heterocycles. The average Bonchev–Trinajstić information content (AvgIpc) is 1.47. The Morgan fingerprint density at radius 1 is 0.923 bits per heavy atom. The number of nitrogens with two attached hydrogens (primary N) is 2. The zero-order chi connectivity index (χ0) is 11.3. The topological polar surface area (TPSA) is 200 Å². The first-order valence-corrected chi connectivity index (χ1v) is 6.03. The maximum absolute atomic E-state index is 9.00. The van der Waals surface area contributed by atoms with Crippen LogP contribution < -0.4 is 11.5 Å². The van der Waals surface area contributed by atoms with Gasteiger partial charge in [0.05, 0.1) is 0 Å². The zero-order valence-electron chi connectivity index (χ0n) is 6.15. The SMILES string of the molecule is NC(N)=O.O[Si](O)(O)O[Si](O)(O)O. The molecule has 0 rings (SSSR count). The minimum absolute atomic E-state index is 0.833. The average molecular weight is 234 g/mol. The van der Waals surface area contributed by atoms with E-state index < -0.39 is 24.1 Å². The third-order valence-corrected chi connectivity index (χ3v) is 2.46. The summed E-state index contributed by atoms with van der Waals surface area (Å²) in [5.41, 5.74) is 8.50. The molecular weight excluding hydrogens is 224 g/mol. The van der Waals surface area contributed by atoms with Crippen molar-refractivity contribution in [3.63, 3.8) is 0 Å². The molecule has 0 aromatic carbocycles. The van der Waals surface area contributed by atoms with E-state index >= 15 is 0 Å². The second-order valence-electron chi connectivity index (χ2n) is 1.65. The third kappa shape index (κ3) is 34.5. The molecule has 2 amide bonds. The summed E-state index contributed by atoms with van der Waals surface area (Å²) in [7, 11) is -9.96. The van der Waals surface area contributed by atoms with Gasteiger partial charge in [-0.25, -0.2) is 4.79 Å². The summed E-state index contributed by atoms with van der Waals surface area (Å²) in [6, 6.07) is -0.833. The normalized spacial score (nSPS) is 11.5. The van der Waals surface area contributed by atoms with Crippen molar-refractivity contribution >= 4 is 24.1 Å². The summed E-state index contributed by atoms with van der Waals surface area (Å²) in [6.45, 7) is 0. The monoisotopic (exact) mass is 234 g/mol. The van der Waals surface area contributed by atoms with Gasteiger partial charge in [-0.05, 0) is 0 Å². The maximum atomic E-state index is 9.00. The lowest BCUT2D eigenvalue weighted by molar-refractivity contribution is 0.0406. The number of primary amides is 2. The van der Waals surface area contributed by atoms with Gasteiger partial charge in [-0.3, -0.25) is 0 Å². The Labute approximate surface area is 74.2 Å². The molecule has 0 atom stereocenters. The van der Waals surface area contributed by atoms with E-state index in [4.69, 9.17) is 33.6 Å². The molecule has 0 aromatic rings. The van der Waals surface area contributed by atoms with Gasteiger partial charge in [0.15, 0.2) is 0 Å². The van der Waals surface area contributed by atoms with Crippen molar-refractivity contribution in [3.05, 3.63) is 0 Å². The first-order valence-electron chi connectivity index (χ1n) is 2.53. The van der Waals surface area contributed by atoms with Crippen LogP contribution in [0.2, 0.25) is 0 Å². The predicted octanol–water partition coefficient (Wildman–Crippen LogP) is -5.15. The van der Waals surface area contributed by atoms with E-state index in [1.807, 2.05) is 0 Å². The van der Waals surface area contributed by atoms with Crippen LogP contribution in [0, 0.1) is 0 Å². The number of carbonyl (C=O) groups excluding carboxylic acids is 1. The number of hydrogen-bond acceptors (Lipinski definition) is 8. The maximum Gasteiger partial charge on any atom is 0.665 e. The fourth-order valence-corrected chi connectivity index (χ4v) is 1.65.